The summed E-state index contributed by atoms with van der Waals surface area (Å²) in [7, 11) is -28.5. The zero-order chi connectivity index (χ0) is 63.0. The highest BCUT2D eigenvalue weighted by Crippen LogP contribution is 2.41. The number of hydrogen-bond donors (Lipinski definition) is 8. The Bertz CT molecular complexity index is 4150. The summed E-state index contributed by atoms with van der Waals surface area (Å²) in [6.07, 6.45) is -0.277. The maximum Gasteiger partial charge on any atom is 0.296 e. The maximum atomic E-state index is 12.1. The number of rotatable bonds is 26. The predicted molar refractivity (Wildman–Crippen MR) is 308 cm³/mol. The first-order chi connectivity index (χ1) is 39.4. The first-order valence-corrected chi connectivity index (χ1v) is 33.3. The molecule has 8 N–H and O–H groups in total. The topological polar surface area (TPSA) is 468 Å². The van der Waals surface area contributed by atoms with E-state index in [1.165, 1.54) is 24.3 Å². The van der Waals surface area contributed by atoms with Crippen LogP contribution >= 0.6 is 0 Å². The largest absolute Gasteiger partial charge is 0.491 e. The minimum absolute atomic E-state index is 0.0175. The molecule has 0 aliphatic carbocycles. The maximum absolute atomic E-state index is 12.1. The predicted octanol–water partition coefficient (Wildman–Crippen LogP) is 11.0. The van der Waals surface area contributed by atoms with Crippen LogP contribution in [0.25, 0.3) is 0 Å². The quantitative estimate of drug-likeness (QED) is 0.0108. The lowest BCUT2D eigenvalue weighted by Gasteiger charge is -2.16. The number of ether oxygens (including phenoxy) is 2. The molecule has 0 aliphatic heterocycles. The third kappa shape index (κ3) is 19.2. The SMILES string of the molecule is Cc1cc(NCNc2cc(C)c(N=Nc3cc(C)c(N=Nc4ccc(S(=O)(=O)O)cc4S(=O)(=O)O)cc3OCCCS(=O)(=O)O)cc2C)c(C)cc1N=Nc1cc(C)c(N=Nc2ccc(S(=O)(=O)O)cc2S(=O)(=O)O)cc1OCCCS(=O)(=O)O. The average molecular weight is 1300 g/mol. The van der Waals surface area contributed by atoms with E-state index in [0.29, 0.717) is 45.8 Å². The van der Waals surface area contributed by atoms with Gasteiger partial charge in [-0.2, -0.15) is 71.0 Å². The number of hydrogen-bond acceptors (Lipinski definition) is 24. The fourth-order valence-corrected chi connectivity index (χ4v) is 11.0. The van der Waals surface area contributed by atoms with Crippen molar-refractivity contribution in [1.29, 1.82) is 0 Å². The molecule has 0 bridgehead atoms. The van der Waals surface area contributed by atoms with Gasteiger partial charge >= 0.3 is 0 Å². The summed E-state index contributed by atoms with van der Waals surface area (Å²) in [5.41, 5.74) is 5.52. The summed E-state index contributed by atoms with van der Waals surface area (Å²) < 4.78 is 209. The highest BCUT2D eigenvalue weighted by molar-refractivity contribution is 7.87. The van der Waals surface area contributed by atoms with Gasteiger partial charge in [-0.15, -0.1) is 20.5 Å². The molecule has 0 unspecified atom stereocenters. The molecule has 6 aromatic carbocycles. The summed E-state index contributed by atoms with van der Waals surface area (Å²) in [6.45, 7) is 10.2. The standard InChI is InChI=1S/C49H54N10O20S6/c1-28-19-40(54-58-44-21-32(5)42(25-46(44)78-13-7-15-80(60,61)62)56-52-36-11-9-34(82(66,67)68)23-48(36)84(72,73)74)30(3)17-38(28)50-27-51-39-18-31(4)41(20-29(39)2)55-59-45-22-33(6)43(26-47(45)79-14-8-16-81(63,64)65)57-53-37-12-10-35(83(69,70)71)24-49(37)85(75,76)77/h9-12,17-26,50-51H,7-8,13-16,27H2,1-6H3,(H,60,61,62)(H,63,64,65)(H,66,67,68)(H,69,70,71)(H,72,73,74)(H,75,76,77). The van der Waals surface area contributed by atoms with Gasteiger partial charge in [0.15, 0.2) is 0 Å². The van der Waals surface area contributed by atoms with E-state index < -0.39 is 103 Å². The Morgan fingerprint density at radius 2 is 0.647 bits per heavy atom. The van der Waals surface area contributed by atoms with Gasteiger partial charge in [0.05, 0.1) is 63.9 Å². The van der Waals surface area contributed by atoms with Crippen molar-refractivity contribution in [1.82, 2.24) is 0 Å². The molecule has 36 heteroatoms. The highest BCUT2D eigenvalue weighted by Gasteiger charge is 2.23. The number of benzene rings is 6. The zero-order valence-electron chi connectivity index (χ0n) is 45.5. The van der Waals surface area contributed by atoms with Crippen LogP contribution in [-0.2, 0) is 60.7 Å². The fraction of sp³-hybridized carbons (Fsp3) is 0.265. The lowest BCUT2D eigenvalue weighted by molar-refractivity contribution is 0.317. The molecule has 0 fully saturated rings. The van der Waals surface area contributed by atoms with Crippen LogP contribution in [0.4, 0.5) is 56.9 Å². The van der Waals surface area contributed by atoms with Crippen LogP contribution in [0.1, 0.15) is 46.2 Å². The van der Waals surface area contributed by atoms with Crippen LogP contribution in [0.15, 0.2) is 145 Å². The monoisotopic (exact) mass is 1290 g/mol. The smallest absolute Gasteiger partial charge is 0.296 e. The second-order valence-electron chi connectivity index (χ2n) is 18.6. The second-order valence-corrected chi connectivity index (χ2v) is 27.4. The molecule has 0 heterocycles. The van der Waals surface area contributed by atoms with Crippen LogP contribution < -0.4 is 20.1 Å². The molecule has 0 atom stereocenters. The molecule has 0 aliphatic rings. The Morgan fingerprint density at radius 1 is 0.353 bits per heavy atom. The Balaban J connectivity index is 1.19. The van der Waals surface area contributed by atoms with Crippen LogP contribution in [0, 0.1) is 41.5 Å². The van der Waals surface area contributed by atoms with E-state index in [-0.39, 0.29) is 67.0 Å². The van der Waals surface area contributed by atoms with Crippen LogP contribution in [0.3, 0.4) is 0 Å². The molecule has 0 spiro atoms. The minimum Gasteiger partial charge on any atom is -0.491 e. The van der Waals surface area contributed by atoms with Crippen molar-refractivity contribution in [3.8, 4) is 11.5 Å². The molecule has 0 saturated carbocycles. The van der Waals surface area contributed by atoms with Crippen molar-refractivity contribution in [2.45, 2.75) is 74.0 Å². The molecular formula is C49H54N10O20S6. The van der Waals surface area contributed by atoms with Gasteiger partial charge in [-0.3, -0.25) is 27.3 Å². The Hall–Kier alpha value is -7.62. The first kappa shape index (κ1) is 66.5. The van der Waals surface area contributed by atoms with Gasteiger partial charge < -0.3 is 20.1 Å². The van der Waals surface area contributed by atoms with E-state index in [0.717, 1.165) is 46.8 Å². The van der Waals surface area contributed by atoms with Gasteiger partial charge in [-0.1, -0.05) is 0 Å². The van der Waals surface area contributed by atoms with Crippen molar-refractivity contribution < 1.29 is 87.3 Å². The minimum atomic E-state index is -5.07. The lowest BCUT2D eigenvalue weighted by Crippen LogP contribution is -2.13. The zero-order valence-corrected chi connectivity index (χ0v) is 50.4. The van der Waals surface area contributed by atoms with Gasteiger partial charge in [-0.05, 0) is 161 Å². The number of anilines is 2. The normalized spacial score (nSPS) is 12.9. The molecule has 30 nitrogen and oxygen atoms in total. The van der Waals surface area contributed by atoms with Crippen molar-refractivity contribution >= 4 is 118 Å². The second kappa shape index (κ2) is 26.7. The lowest BCUT2D eigenvalue weighted by atomic mass is 10.1. The van der Waals surface area contributed by atoms with Crippen LogP contribution in [0.2, 0.25) is 0 Å². The average Bonchev–Trinajstić information content (AvgIpc) is 2.13. The molecule has 0 saturated heterocycles. The fourth-order valence-electron chi connectivity index (χ4n) is 7.53. The Kier molecular flexibility index (Phi) is 20.9. The van der Waals surface area contributed by atoms with E-state index in [9.17, 15) is 77.8 Å². The van der Waals surface area contributed by atoms with Crippen molar-refractivity contribution in [3.05, 3.63) is 118 Å². The van der Waals surface area contributed by atoms with Crippen molar-refractivity contribution in [2.75, 3.05) is 42.0 Å². The number of azo groups is 4. The molecule has 0 aromatic heterocycles. The van der Waals surface area contributed by atoms with Crippen LogP contribution in [0.5, 0.6) is 11.5 Å². The summed E-state index contributed by atoms with van der Waals surface area (Å²) >= 11 is 0. The van der Waals surface area contributed by atoms with E-state index in [1.807, 2.05) is 26.0 Å². The molecule has 6 rings (SSSR count). The summed E-state index contributed by atoms with van der Waals surface area (Å²) in [4.78, 5) is -3.60. The van der Waals surface area contributed by atoms with Gasteiger partial charge in [0.2, 0.25) is 0 Å². The van der Waals surface area contributed by atoms with Gasteiger partial charge in [0, 0.05) is 23.5 Å². The molecular weight excluding hydrogens is 1240 g/mol. The summed E-state index contributed by atoms with van der Waals surface area (Å²) in [5.74, 6) is -1.21. The van der Waals surface area contributed by atoms with Gasteiger partial charge in [-0.25, -0.2) is 0 Å². The molecule has 0 amide bonds. The summed E-state index contributed by atoms with van der Waals surface area (Å²) in [6, 6.07) is 17.4. The van der Waals surface area contributed by atoms with Gasteiger partial charge in [0.1, 0.15) is 44.0 Å². The Morgan fingerprint density at radius 3 is 0.965 bits per heavy atom. The number of nitrogens with zero attached hydrogens (tertiary/aromatic N) is 8. The third-order valence-electron chi connectivity index (χ3n) is 11.9. The highest BCUT2D eigenvalue weighted by atomic mass is 32.2. The molecule has 6 aromatic rings. The Labute approximate surface area is 488 Å². The number of nitrogens with one attached hydrogen (secondary N) is 2. The van der Waals surface area contributed by atoms with Gasteiger partial charge in [0.25, 0.3) is 60.7 Å². The van der Waals surface area contributed by atoms with E-state index >= 15 is 0 Å². The van der Waals surface area contributed by atoms with E-state index in [4.69, 9.17) is 9.47 Å². The van der Waals surface area contributed by atoms with E-state index in [2.05, 4.69) is 51.5 Å². The first-order valence-electron chi connectivity index (χ1n) is 24.4. The van der Waals surface area contributed by atoms with Crippen LogP contribution in [-0.4, -0.2) is 109 Å². The number of aryl methyl sites for hydroxylation is 6. The molecule has 85 heavy (non-hydrogen) atoms. The van der Waals surface area contributed by atoms with E-state index in [1.54, 1.807) is 39.8 Å². The summed E-state index contributed by atoms with van der Waals surface area (Å²) in [5, 5.41) is 40.2. The van der Waals surface area contributed by atoms with Crippen molar-refractivity contribution in [2.24, 2.45) is 40.9 Å². The van der Waals surface area contributed by atoms with Crippen molar-refractivity contribution in [3.63, 3.8) is 0 Å². The molecule has 456 valence electrons. The third-order valence-corrected chi connectivity index (χ3v) is 17.0. The molecule has 0 radical (unpaired) electrons.